The second kappa shape index (κ2) is 8.08. The van der Waals surface area contributed by atoms with Gasteiger partial charge in [0.2, 0.25) is 5.43 Å². The van der Waals surface area contributed by atoms with Crippen molar-refractivity contribution in [2.45, 2.75) is 20.3 Å². The molecule has 30 heavy (non-hydrogen) atoms. The van der Waals surface area contributed by atoms with Gasteiger partial charge < -0.3 is 18.6 Å². The summed E-state index contributed by atoms with van der Waals surface area (Å²) in [6.45, 7) is 4.42. The monoisotopic (exact) mass is 410 g/mol. The van der Waals surface area contributed by atoms with Crippen molar-refractivity contribution >= 4 is 16.9 Å². The second-order valence-corrected chi connectivity index (χ2v) is 6.89. The molecule has 1 aliphatic heterocycles. The number of rotatable bonds is 5. The summed E-state index contributed by atoms with van der Waals surface area (Å²) in [5.41, 5.74) is 4.22. The van der Waals surface area contributed by atoms with Gasteiger partial charge >= 0.3 is 0 Å². The highest BCUT2D eigenvalue weighted by molar-refractivity contribution is 5.85. The van der Waals surface area contributed by atoms with Crippen molar-refractivity contribution in [2.75, 3.05) is 19.8 Å². The van der Waals surface area contributed by atoms with E-state index in [9.17, 15) is 9.59 Å². The van der Waals surface area contributed by atoms with E-state index in [1.54, 1.807) is 31.2 Å². The van der Waals surface area contributed by atoms with Crippen molar-refractivity contribution in [3.05, 3.63) is 51.9 Å². The fourth-order valence-corrected chi connectivity index (χ4v) is 3.51. The number of amides is 1. The van der Waals surface area contributed by atoms with Crippen LogP contribution in [-0.2, 0) is 11.2 Å². The molecule has 0 unspecified atom stereocenters. The first-order valence-electron chi connectivity index (χ1n) is 9.64. The minimum absolute atomic E-state index is 0.147. The molecule has 0 saturated carbocycles. The van der Waals surface area contributed by atoms with Gasteiger partial charge in [0.15, 0.2) is 18.1 Å². The predicted octanol–water partition coefficient (Wildman–Crippen LogP) is 2.47. The van der Waals surface area contributed by atoms with Gasteiger partial charge in [-0.25, -0.2) is 5.84 Å². The minimum atomic E-state index is -0.455. The molecule has 8 nitrogen and oxygen atoms in total. The number of aryl methyl sites for hydroxylation is 2. The van der Waals surface area contributed by atoms with Crippen molar-refractivity contribution in [3.8, 4) is 28.4 Å². The van der Waals surface area contributed by atoms with E-state index in [1.807, 2.05) is 18.4 Å². The van der Waals surface area contributed by atoms with Gasteiger partial charge in [0.25, 0.3) is 5.91 Å². The fourth-order valence-electron chi connectivity index (χ4n) is 3.51. The summed E-state index contributed by atoms with van der Waals surface area (Å²) < 4.78 is 22.7. The van der Waals surface area contributed by atoms with Crippen LogP contribution in [0.3, 0.4) is 0 Å². The van der Waals surface area contributed by atoms with Gasteiger partial charge in [-0.1, -0.05) is 13.0 Å². The first kappa shape index (κ1) is 19.8. The summed E-state index contributed by atoms with van der Waals surface area (Å²) in [6, 6.07) is 8.80. The van der Waals surface area contributed by atoms with E-state index in [0.717, 1.165) is 5.56 Å². The SMILES string of the molecule is CCc1cc2c(=O)c(-c3ccc4c(c3)OCCO4)c(C)oc2cc1OCC(=O)NN. The molecule has 1 aliphatic rings. The predicted molar refractivity (Wildman–Crippen MR) is 111 cm³/mol. The van der Waals surface area contributed by atoms with Crippen LogP contribution in [-0.4, -0.2) is 25.7 Å². The second-order valence-electron chi connectivity index (χ2n) is 6.89. The van der Waals surface area contributed by atoms with Crippen LogP contribution >= 0.6 is 0 Å². The maximum atomic E-state index is 13.4. The third-order valence-corrected chi connectivity index (χ3v) is 4.98. The molecule has 1 aromatic heterocycles. The number of fused-ring (bicyclic) bond motifs is 2. The van der Waals surface area contributed by atoms with Crippen molar-refractivity contribution in [2.24, 2.45) is 5.84 Å². The molecule has 4 rings (SSSR count). The lowest BCUT2D eigenvalue weighted by molar-refractivity contribution is -0.123. The van der Waals surface area contributed by atoms with Gasteiger partial charge in [-0.3, -0.25) is 15.0 Å². The van der Waals surface area contributed by atoms with Crippen molar-refractivity contribution in [1.29, 1.82) is 0 Å². The molecule has 156 valence electrons. The summed E-state index contributed by atoms with van der Waals surface area (Å²) >= 11 is 0. The number of hydrogen-bond acceptors (Lipinski definition) is 7. The van der Waals surface area contributed by atoms with Crippen LogP contribution in [0.2, 0.25) is 0 Å². The minimum Gasteiger partial charge on any atom is -0.486 e. The number of carbonyl (C=O) groups is 1. The molecule has 2 aromatic carbocycles. The summed E-state index contributed by atoms with van der Waals surface area (Å²) in [4.78, 5) is 24.8. The number of nitrogens with two attached hydrogens (primary N) is 1. The van der Waals surface area contributed by atoms with Crippen molar-refractivity contribution < 1.29 is 23.4 Å². The average molecular weight is 410 g/mol. The third kappa shape index (κ3) is 3.57. The van der Waals surface area contributed by atoms with E-state index in [2.05, 4.69) is 0 Å². The summed E-state index contributed by atoms with van der Waals surface area (Å²) in [5.74, 6) is 6.85. The van der Waals surface area contributed by atoms with Gasteiger partial charge in [-0.2, -0.15) is 0 Å². The number of ether oxygens (including phenoxy) is 3. The zero-order valence-corrected chi connectivity index (χ0v) is 16.7. The maximum absolute atomic E-state index is 13.4. The van der Waals surface area contributed by atoms with Gasteiger partial charge in [-0.15, -0.1) is 0 Å². The Bertz CT molecular complexity index is 1180. The summed E-state index contributed by atoms with van der Waals surface area (Å²) in [6.07, 6.45) is 0.613. The molecule has 0 atom stereocenters. The summed E-state index contributed by atoms with van der Waals surface area (Å²) in [5, 5.41) is 0.443. The van der Waals surface area contributed by atoms with E-state index in [-0.39, 0.29) is 12.0 Å². The van der Waals surface area contributed by atoms with Crippen molar-refractivity contribution in [3.63, 3.8) is 0 Å². The van der Waals surface area contributed by atoms with Gasteiger partial charge in [0.1, 0.15) is 30.3 Å². The lowest BCUT2D eigenvalue weighted by Crippen LogP contribution is -2.34. The molecule has 0 fully saturated rings. The van der Waals surface area contributed by atoms with Crippen LogP contribution < -0.4 is 30.9 Å². The quantitative estimate of drug-likeness (QED) is 0.377. The molecule has 0 bridgehead atoms. The Labute approximate surface area is 172 Å². The molecule has 3 aromatic rings. The van der Waals surface area contributed by atoms with E-state index in [4.69, 9.17) is 24.5 Å². The number of hydrazine groups is 1. The molecule has 0 spiro atoms. The van der Waals surface area contributed by atoms with Crippen LogP contribution in [0, 0.1) is 6.92 Å². The Kier molecular flexibility index (Phi) is 5.33. The highest BCUT2D eigenvalue weighted by Gasteiger charge is 2.19. The number of hydrogen-bond donors (Lipinski definition) is 2. The van der Waals surface area contributed by atoms with E-state index in [0.29, 0.717) is 64.7 Å². The highest BCUT2D eigenvalue weighted by atomic mass is 16.6. The molecule has 0 aliphatic carbocycles. The van der Waals surface area contributed by atoms with E-state index >= 15 is 0 Å². The number of nitrogens with one attached hydrogen (secondary N) is 1. The Morgan fingerprint density at radius 3 is 2.67 bits per heavy atom. The maximum Gasteiger partial charge on any atom is 0.271 e. The molecule has 0 saturated heterocycles. The van der Waals surface area contributed by atoms with E-state index in [1.165, 1.54) is 0 Å². The van der Waals surface area contributed by atoms with Gasteiger partial charge in [-0.05, 0) is 42.7 Å². The van der Waals surface area contributed by atoms with Crippen LogP contribution in [0.15, 0.2) is 39.5 Å². The third-order valence-electron chi connectivity index (χ3n) is 4.98. The van der Waals surface area contributed by atoms with Gasteiger partial charge in [0, 0.05) is 6.07 Å². The molecular weight excluding hydrogens is 388 g/mol. The Hall–Kier alpha value is -3.52. The van der Waals surface area contributed by atoms with Crippen LogP contribution in [0.5, 0.6) is 17.2 Å². The van der Waals surface area contributed by atoms with Crippen LogP contribution in [0.25, 0.3) is 22.1 Å². The normalized spacial score (nSPS) is 12.6. The zero-order valence-electron chi connectivity index (χ0n) is 16.7. The van der Waals surface area contributed by atoms with Crippen LogP contribution in [0.4, 0.5) is 0 Å². The fraction of sp³-hybridized carbons (Fsp3) is 0.273. The zero-order chi connectivity index (χ0) is 21.3. The Morgan fingerprint density at radius 1 is 1.17 bits per heavy atom. The largest absolute Gasteiger partial charge is 0.486 e. The van der Waals surface area contributed by atoms with Crippen LogP contribution in [0.1, 0.15) is 18.2 Å². The molecule has 0 radical (unpaired) electrons. The topological polar surface area (TPSA) is 113 Å². The Morgan fingerprint density at radius 2 is 1.93 bits per heavy atom. The average Bonchev–Trinajstić information content (AvgIpc) is 2.76. The lowest BCUT2D eigenvalue weighted by atomic mass is 10.00. The molecular formula is C22H22N2O6. The summed E-state index contributed by atoms with van der Waals surface area (Å²) in [7, 11) is 0. The highest BCUT2D eigenvalue weighted by Crippen LogP contribution is 2.36. The smallest absolute Gasteiger partial charge is 0.271 e. The standard InChI is InChI=1S/C22H22N2O6/c1-3-13-8-15-18(10-17(13)29-11-20(25)24-23)30-12(2)21(22(15)26)14-4-5-16-19(9-14)28-7-6-27-16/h4-5,8-10H,3,6-7,11,23H2,1-2H3,(H,24,25). The number of carbonyl (C=O) groups excluding carboxylic acids is 1. The molecule has 8 heteroatoms. The van der Waals surface area contributed by atoms with E-state index < -0.39 is 5.91 Å². The van der Waals surface area contributed by atoms with Gasteiger partial charge in [0.05, 0.1) is 10.9 Å². The molecule has 1 amide bonds. The van der Waals surface area contributed by atoms with Crippen molar-refractivity contribution in [1.82, 2.24) is 5.43 Å². The Balaban J connectivity index is 1.81. The lowest BCUT2D eigenvalue weighted by Gasteiger charge is -2.19. The molecule has 2 heterocycles. The molecule has 3 N–H and O–H groups in total. The first-order chi connectivity index (χ1) is 14.5. The first-order valence-corrected chi connectivity index (χ1v) is 9.64. The number of benzene rings is 2.